The molecule has 6 heteroatoms. The first-order valence-electron chi connectivity index (χ1n) is 8.56. The van der Waals surface area contributed by atoms with Crippen molar-refractivity contribution in [2.24, 2.45) is 0 Å². The molecule has 0 aliphatic carbocycles. The monoisotopic (exact) mass is 383 g/mol. The van der Waals surface area contributed by atoms with Gasteiger partial charge in [-0.25, -0.2) is 0 Å². The fraction of sp³-hybridized carbons (Fsp3) is 0.182. The molecule has 0 atom stereocenters. The van der Waals surface area contributed by atoms with Gasteiger partial charge in [-0.2, -0.15) is 0 Å². The topological polar surface area (TPSA) is 76.1 Å². The highest BCUT2D eigenvalue weighted by molar-refractivity contribution is 5.83. The Balaban J connectivity index is 0.00000122. The van der Waals surface area contributed by atoms with Crippen molar-refractivity contribution in [3.8, 4) is 11.5 Å². The number of rotatable bonds is 7. The van der Waals surface area contributed by atoms with Gasteiger partial charge in [0.2, 0.25) is 0 Å². The Morgan fingerprint density at radius 2 is 1.75 bits per heavy atom. The Hall–Kier alpha value is -3.54. The molecule has 0 amide bonds. The summed E-state index contributed by atoms with van der Waals surface area (Å²) in [6, 6.07) is 13.5. The van der Waals surface area contributed by atoms with Crippen LogP contribution >= 0.6 is 0 Å². The van der Waals surface area contributed by atoms with Gasteiger partial charge in [-0.05, 0) is 44.2 Å². The van der Waals surface area contributed by atoms with Crippen molar-refractivity contribution >= 4 is 30.4 Å². The molecule has 0 aromatic heterocycles. The lowest BCUT2D eigenvalue weighted by Gasteiger charge is -2.25. The minimum Gasteiger partial charge on any atom is -0.496 e. The van der Waals surface area contributed by atoms with Crippen LogP contribution in [0.5, 0.6) is 11.5 Å². The molecule has 0 radical (unpaired) electrons. The van der Waals surface area contributed by atoms with Crippen LogP contribution in [0.3, 0.4) is 0 Å². The summed E-state index contributed by atoms with van der Waals surface area (Å²) in [5.74, 6) is 1.35. The van der Waals surface area contributed by atoms with Crippen LogP contribution in [0, 0.1) is 0 Å². The van der Waals surface area contributed by atoms with Gasteiger partial charge in [-0.1, -0.05) is 30.4 Å². The van der Waals surface area contributed by atoms with E-state index in [0.29, 0.717) is 12.2 Å². The summed E-state index contributed by atoms with van der Waals surface area (Å²) < 4.78 is 10.5. The van der Waals surface area contributed by atoms with Crippen LogP contribution in [0.25, 0.3) is 11.8 Å². The molecule has 28 heavy (non-hydrogen) atoms. The standard InChI is InChI=1S/C21H23NO3.CH2O2/c1-5-9-16-14-17(12-13-20(16)24-4)22(3)19(6-2)18-10-7-8-11-21(18)25-15-23;2-1-3/h5-15H,1-4H3;1H,(H,2,3)/b9-5+,19-6+;. The van der Waals surface area contributed by atoms with E-state index in [4.69, 9.17) is 19.4 Å². The maximum atomic E-state index is 10.8. The summed E-state index contributed by atoms with van der Waals surface area (Å²) in [7, 11) is 3.64. The quantitative estimate of drug-likeness (QED) is 0.712. The van der Waals surface area contributed by atoms with E-state index in [-0.39, 0.29) is 6.47 Å². The Kier molecular flexibility index (Phi) is 9.61. The summed E-state index contributed by atoms with van der Waals surface area (Å²) >= 11 is 0. The number of hydrogen-bond donors (Lipinski definition) is 1. The van der Waals surface area contributed by atoms with Crippen molar-refractivity contribution in [2.75, 3.05) is 19.1 Å². The third-order valence-electron chi connectivity index (χ3n) is 3.92. The van der Waals surface area contributed by atoms with Crippen molar-refractivity contribution in [3.63, 3.8) is 0 Å². The van der Waals surface area contributed by atoms with E-state index in [1.54, 1.807) is 13.2 Å². The lowest BCUT2D eigenvalue weighted by atomic mass is 10.1. The number of allylic oxidation sites excluding steroid dienone is 2. The number of hydrogen-bond acceptors (Lipinski definition) is 5. The summed E-state index contributed by atoms with van der Waals surface area (Å²) in [5, 5.41) is 6.89. The zero-order valence-electron chi connectivity index (χ0n) is 16.5. The van der Waals surface area contributed by atoms with Crippen LogP contribution in [0.15, 0.2) is 54.6 Å². The Labute approximate surface area is 165 Å². The fourth-order valence-corrected chi connectivity index (χ4v) is 2.74. The van der Waals surface area contributed by atoms with Crippen LogP contribution in [0.2, 0.25) is 0 Å². The number of benzene rings is 2. The largest absolute Gasteiger partial charge is 0.496 e. The molecule has 0 unspecified atom stereocenters. The number of anilines is 1. The number of para-hydroxylation sites is 1. The van der Waals surface area contributed by atoms with E-state index in [0.717, 1.165) is 28.3 Å². The van der Waals surface area contributed by atoms with Gasteiger partial charge in [0, 0.05) is 29.6 Å². The molecule has 2 aromatic carbocycles. The zero-order valence-corrected chi connectivity index (χ0v) is 16.5. The number of ether oxygens (including phenoxy) is 2. The van der Waals surface area contributed by atoms with Gasteiger partial charge in [-0.3, -0.25) is 9.59 Å². The van der Waals surface area contributed by atoms with Crippen molar-refractivity contribution in [1.82, 2.24) is 0 Å². The minimum atomic E-state index is -0.250. The molecule has 0 saturated heterocycles. The average Bonchev–Trinajstić information content (AvgIpc) is 2.70. The van der Waals surface area contributed by atoms with Gasteiger partial charge in [0.1, 0.15) is 11.5 Å². The van der Waals surface area contributed by atoms with Crippen molar-refractivity contribution < 1.29 is 24.2 Å². The predicted octanol–water partition coefficient (Wildman–Crippen LogP) is 4.46. The van der Waals surface area contributed by atoms with Crippen molar-refractivity contribution in [2.45, 2.75) is 13.8 Å². The highest BCUT2D eigenvalue weighted by Crippen LogP contribution is 2.33. The smallest absolute Gasteiger partial charge is 0.298 e. The molecular formula is C22H25NO5. The van der Waals surface area contributed by atoms with E-state index in [1.165, 1.54) is 0 Å². The number of nitrogens with zero attached hydrogens (tertiary/aromatic N) is 1. The summed E-state index contributed by atoms with van der Waals surface area (Å²) in [5.41, 5.74) is 3.79. The first kappa shape index (κ1) is 22.5. The van der Waals surface area contributed by atoms with E-state index in [1.807, 2.05) is 69.5 Å². The lowest BCUT2D eigenvalue weighted by molar-refractivity contribution is -0.123. The molecule has 2 aromatic rings. The molecule has 0 aliphatic rings. The SMILES string of the molecule is C/C=C/c1cc(N(C)/C(=C/C)c2ccccc2OC=O)ccc1OC.O=CO. The maximum absolute atomic E-state index is 10.8. The fourth-order valence-electron chi connectivity index (χ4n) is 2.74. The second-order valence-electron chi connectivity index (χ2n) is 5.47. The number of carbonyl (C=O) groups excluding carboxylic acids is 1. The summed E-state index contributed by atoms with van der Waals surface area (Å²) in [4.78, 5) is 21.2. The first-order chi connectivity index (χ1) is 13.6. The first-order valence-corrected chi connectivity index (χ1v) is 8.56. The zero-order chi connectivity index (χ0) is 20.9. The van der Waals surface area contributed by atoms with Crippen molar-refractivity contribution in [3.05, 3.63) is 65.7 Å². The third-order valence-corrected chi connectivity index (χ3v) is 3.92. The van der Waals surface area contributed by atoms with Crippen LogP contribution in [0.1, 0.15) is 25.0 Å². The van der Waals surface area contributed by atoms with Gasteiger partial charge < -0.3 is 19.5 Å². The van der Waals surface area contributed by atoms with Crippen LogP contribution in [-0.2, 0) is 9.59 Å². The molecule has 2 rings (SSSR count). The molecule has 0 bridgehead atoms. The van der Waals surface area contributed by atoms with Crippen LogP contribution in [0.4, 0.5) is 5.69 Å². The predicted molar refractivity (Wildman–Crippen MR) is 112 cm³/mol. The Morgan fingerprint density at radius 1 is 1.07 bits per heavy atom. The highest BCUT2D eigenvalue weighted by atomic mass is 16.5. The van der Waals surface area contributed by atoms with E-state index in [2.05, 4.69) is 11.0 Å². The van der Waals surface area contributed by atoms with E-state index in [9.17, 15) is 4.79 Å². The molecule has 0 fully saturated rings. The second-order valence-corrected chi connectivity index (χ2v) is 5.47. The molecule has 0 saturated carbocycles. The molecule has 0 spiro atoms. The number of carboxylic acid groups (broad SMARTS) is 1. The third kappa shape index (κ3) is 5.74. The van der Waals surface area contributed by atoms with Crippen LogP contribution in [-0.4, -0.2) is 32.2 Å². The second kappa shape index (κ2) is 12.0. The van der Waals surface area contributed by atoms with Gasteiger partial charge in [-0.15, -0.1) is 0 Å². The molecule has 148 valence electrons. The Morgan fingerprint density at radius 3 is 2.32 bits per heavy atom. The molecule has 0 aliphatic heterocycles. The van der Waals surface area contributed by atoms with Gasteiger partial charge in [0.25, 0.3) is 12.9 Å². The van der Waals surface area contributed by atoms with E-state index < -0.39 is 0 Å². The maximum Gasteiger partial charge on any atom is 0.298 e. The lowest BCUT2D eigenvalue weighted by Crippen LogP contribution is -2.16. The Bertz CT molecular complexity index is 843. The summed E-state index contributed by atoms with van der Waals surface area (Å²) in [6.45, 7) is 4.13. The normalized spacial score (nSPS) is 10.6. The van der Waals surface area contributed by atoms with Crippen LogP contribution < -0.4 is 14.4 Å². The van der Waals surface area contributed by atoms with Gasteiger partial charge in [0.05, 0.1) is 7.11 Å². The van der Waals surface area contributed by atoms with Crippen molar-refractivity contribution in [1.29, 1.82) is 0 Å². The van der Waals surface area contributed by atoms with Gasteiger partial charge in [0.15, 0.2) is 0 Å². The number of methoxy groups -OCH3 is 1. The van der Waals surface area contributed by atoms with E-state index >= 15 is 0 Å². The molecule has 6 nitrogen and oxygen atoms in total. The highest BCUT2D eigenvalue weighted by Gasteiger charge is 2.14. The number of carbonyl (C=O) groups is 2. The minimum absolute atomic E-state index is 0.250. The molecular weight excluding hydrogens is 358 g/mol. The average molecular weight is 383 g/mol. The molecule has 0 heterocycles. The summed E-state index contributed by atoms with van der Waals surface area (Å²) in [6.07, 6.45) is 5.98. The van der Waals surface area contributed by atoms with Gasteiger partial charge >= 0.3 is 0 Å². The molecule has 1 N–H and O–H groups in total.